The van der Waals surface area contributed by atoms with E-state index in [4.69, 9.17) is 0 Å². The van der Waals surface area contributed by atoms with Gasteiger partial charge in [0.2, 0.25) is 12.3 Å². The lowest BCUT2D eigenvalue weighted by atomic mass is 10.2. The number of para-hydroxylation sites is 2. The Balaban J connectivity index is 1.77. The fourth-order valence-electron chi connectivity index (χ4n) is 2.89. The number of benzene rings is 1. The van der Waals surface area contributed by atoms with E-state index < -0.39 is 0 Å². The van der Waals surface area contributed by atoms with Gasteiger partial charge in [-0.15, -0.1) is 0 Å². The van der Waals surface area contributed by atoms with Crippen LogP contribution in [0.1, 0.15) is 12.8 Å². The zero-order valence-electron chi connectivity index (χ0n) is 12.3. The summed E-state index contributed by atoms with van der Waals surface area (Å²) in [6.45, 7) is 1.43. The van der Waals surface area contributed by atoms with Crippen LogP contribution in [0.5, 0.6) is 0 Å². The first-order valence-electron chi connectivity index (χ1n) is 7.50. The first-order chi connectivity index (χ1) is 10.8. The quantitative estimate of drug-likeness (QED) is 0.866. The van der Waals surface area contributed by atoms with Crippen LogP contribution < -0.4 is 10.2 Å². The molecule has 0 saturated carbocycles. The smallest absolute Gasteiger partial charge is 0.247 e. The maximum absolute atomic E-state index is 12.5. The summed E-state index contributed by atoms with van der Waals surface area (Å²) in [4.78, 5) is 27.1. The molecule has 0 radical (unpaired) electrons. The number of carbonyl (C=O) groups is 2. The molecular weight excluding hydrogens is 278 g/mol. The summed E-state index contributed by atoms with van der Waals surface area (Å²) in [7, 11) is 0. The molecule has 0 unspecified atom stereocenters. The molecule has 1 aromatic rings. The molecule has 1 saturated heterocycles. The van der Waals surface area contributed by atoms with Crippen molar-refractivity contribution in [2.75, 3.05) is 23.3 Å². The summed E-state index contributed by atoms with van der Waals surface area (Å²) in [5.74, 6) is -0.117. The van der Waals surface area contributed by atoms with Crippen LogP contribution in [0.3, 0.4) is 0 Å². The van der Waals surface area contributed by atoms with Crippen molar-refractivity contribution in [3.63, 3.8) is 0 Å². The standard InChI is InChI=1S/C17H19N3O2/c21-13-20-12-6-9-16(20)17(22)18-14-7-2-3-8-15(14)19-10-4-1-5-11-19/h1-5,7-8,10,13,16H,6,9,11-12H2,(H,18,22)/t16-/m0/s1. The number of likely N-dealkylation sites (tertiary alicyclic amines) is 1. The molecule has 1 fully saturated rings. The zero-order chi connectivity index (χ0) is 15.4. The molecule has 1 N–H and O–H groups in total. The molecule has 1 aromatic carbocycles. The van der Waals surface area contributed by atoms with Crippen molar-refractivity contribution >= 4 is 23.7 Å². The number of carbonyl (C=O) groups excluding carboxylic acids is 2. The molecular formula is C17H19N3O2. The lowest BCUT2D eigenvalue weighted by Gasteiger charge is -2.25. The van der Waals surface area contributed by atoms with Gasteiger partial charge in [-0.2, -0.15) is 0 Å². The summed E-state index contributed by atoms with van der Waals surface area (Å²) in [5.41, 5.74) is 1.72. The molecule has 2 aliphatic heterocycles. The normalized spacial score (nSPS) is 20.3. The molecule has 0 aliphatic carbocycles. The van der Waals surface area contributed by atoms with Crippen LogP contribution in [0, 0.1) is 0 Å². The van der Waals surface area contributed by atoms with Crippen molar-refractivity contribution in [1.82, 2.24) is 4.90 Å². The van der Waals surface area contributed by atoms with E-state index in [9.17, 15) is 9.59 Å². The van der Waals surface area contributed by atoms with E-state index in [2.05, 4.69) is 16.3 Å². The number of nitrogens with one attached hydrogen (secondary N) is 1. The highest BCUT2D eigenvalue weighted by Gasteiger charge is 2.30. The average molecular weight is 297 g/mol. The Morgan fingerprint density at radius 1 is 1.27 bits per heavy atom. The summed E-state index contributed by atoms with van der Waals surface area (Å²) >= 11 is 0. The minimum Gasteiger partial charge on any atom is -0.342 e. The van der Waals surface area contributed by atoms with E-state index in [1.165, 1.54) is 0 Å². The summed E-state index contributed by atoms with van der Waals surface area (Å²) in [6, 6.07) is 7.35. The van der Waals surface area contributed by atoms with E-state index in [0.717, 1.165) is 37.2 Å². The molecule has 1 atom stereocenters. The van der Waals surface area contributed by atoms with Gasteiger partial charge in [0.15, 0.2) is 0 Å². The molecule has 3 rings (SSSR count). The van der Waals surface area contributed by atoms with Gasteiger partial charge >= 0.3 is 0 Å². The maximum atomic E-state index is 12.5. The van der Waals surface area contributed by atoms with Crippen LogP contribution in [0.2, 0.25) is 0 Å². The summed E-state index contributed by atoms with van der Waals surface area (Å²) < 4.78 is 0. The molecule has 5 nitrogen and oxygen atoms in total. The predicted molar refractivity (Wildman–Crippen MR) is 86.5 cm³/mol. The van der Waals surface area contributed by atoms with Gasteiger partial charge in [0.1, 0.15) is 6.04 Å². The zero-order valence-corrected chi connectivity index (χ0v) is 12.3. The Hall–Kier alpha value is -2.56. The Morgan fingerprint density at radius 3 is 2.91 bits per heavy atom. The molecule has 0 spiro atoms. The van der Waals surface area contributed by atoms with Crippen LogP contribution in [0.15, 0.2) is 48.7 Å². The minimum atomic E-state index is -0.359. The van der Waals surface area contributed by atoms with Gasteiger partial charge in [0.05, 0.1) is 11.4 Å². The van der Waals surface area contributed by atoms with Crippen molar-refractivity contribution in [2.24, 2.45) is 0 Å². The molecule has 0 bridgehead atoms. The molecule has 0 aromatic heterocycles. The molecule has 2 heterocycles. The second kappa shape index (κ2) is 6.47. The van der Waals surface area contributed by atoms with E-state index in [0.29, 0.717) is 6.54 Å². The number of nitrogens with zero attached hydrogens (tertiary/aromatic N) is 2. The molecule has 22 heavy (non-hydrogen) atoms. The van der Waals surface area contributed by atoms with Crippen LogP contribution in [0.4, 0.5) is 11.4 Å². The van der Waals surface area contributed by atoms with Crippen molar-refractivity contribution in [1.29, 1.82) is 0 Å². The van der Waals surface area contributed by atoms with E-state index in [1.807, 2.05) is 42.6 Å². The molecule has 114 valence electrons. The largest absolute Gasteiger partial charge is 0.342 e. The summed E-state index contributed by atoms with van der Waals surface area (Å²) in [5, 5.41) is 2.97. The number of hydrogen-bond acceptors (Lipinski definition) is 3. The second-order valence-corrected chi connectivity index (χ2v) is 5.43. The van der Waals surface area contributed by atoms with Gasteiger partial charge in [-0.05, 0) is 31.1 Å². The first kappa shape index (κ1) is 14.4. The Bertz CT molecular complexity index is 624. The van der Waals surface area contributed by atoms with Gasteiger partial charge in [-0.3, -0.25) is 9.59 Å². The minimum absolute atomic E-state index is 0.117. The number of anilines is 2. The highest BCUT2D eigenvalue weighted by atomic mass is 16.2. The monoisotopic (exact) mass is 297 g/mol. The SMILES string of the molecule is O=CN1CCC[C@H]1C(=O)Nc1ccccc1N1C=CC=CC1. The Morgan fingerprint density at radius 2 is 2.14 bits per heavy atom. The number of hydrogen-bond donors (Lipinski definition) is 1. The Kier molecular flexibility index (Phi) is 4.23. The van der Waals surface area contributed by atoms with Gasteiger partial charge in [0, 0.05) is 19.3 Å². The third kappa shape index (κ3) is 2.88. The highest BCUT2D eigenvalue weighted by molar-refractivity contribution is 5.98. The van der Waals surface area contributed by atoms with Crippen LogP contribution >= 0.6 is 0 Å². The lowest BCUT2D eigenvalue weighted by Crippen LogP contribution is -2.39. The van der Waals surface area contributed by atoms with Crippen LogP contribution in [0.25, 0.3) is 0 Å². The van der Waals surface area contributed by atoms with Gasteiger partial charge in [0.25, 0.3) is 0 Å². The topological polar surface area (TPSA) is 52.7 Å². The predicted octanol–water partition coefficient (Wildman–Crippen LogP) is 2.14. The number of rotatable bonds is 4. The molecule has 2 amide bonds. The molecule has 2 aliphatic rings. The van der Waals surface area contributed by atoms with Crippen LogP contribution in [-0.2, 0) is 9.59 Å². The average Bonchev–Trinajstić information content (AvgIpc) is 3.05. The van der Waals surface area contributed by atoms with E-state index in [-0.39, 0.29) is 11.9 Å². The van der Waals surface area contributed by atoms with Crippen molar-refractivity contribution in [3.05, 3.63) is 48.7 Å². The number of allylic oxidation sites excluding steroid dienone is 2. The fourth-order valence-corrected chi connectivity index (χ4v) is 2.89. The Labute approximate surface area is 129 Å². The second-order valence-electron chi connectivity index (χ2n) is 5.43. The van der Waals surface area contributed by atoms with Gasteiger partial charge in [-0.25, -0.2) is 0 Å². The number of amides is 2. The summed E-state index contributed by atoms with van der Waals surface area (Å²) in [6.07, 6.45) is 10.4. The van der Waals surface area contributed by atoms with Gasteiger partial charge in [-0.1, -0.05) is 24.3 Å². The maximum Gasteiger partial charge on any atom is 0.247 e. The first-order valence-corrected chi connectivity index (χ1v) is 7.50. The third-order valence-corrected chi connectivity index (χ3v) is 4.02. The van der Waals surface area contributed by atoms with Crippen LogP contribution in [-0.4, -0.2) is 36.3 Å². The lowest BCUT2D eigenvalue weighted by molar-refractivity contribution is -0.127. The third-order valence-electron chi connectivity index (χ3n) is 4.02. The van der Waals surface area contributed by atoms with E-state index in [1.54, 1.807) is 4.90 Å². The van der Waals surface area contributed by atoms with E-state index >= 15 is 0 Å². The molecule has 5 heteroatoms. The van der Waals surface area contributed by atoms with Gasteiger partial charge < -0.3 is 15.1 Å². The van der Waals surface area contributed by atoms with Crippen molar-refractivity contribution < 1.29 is 9.59 Å². The highest BCUT2D eigenvalue weighted by Crippen LogP contribution is 2.28. The van der Waals surface area contributed by atoms with Crippen molar-refractivity contribution in [2.45, 2.75) is 18.9 Å². The fraction of sp³-hybridized carbons (Fsp3) is 0.294. The van der Waals surface area contributed by atoms with Crippen molar-refractivity contribution in [3.8, 4) is 0 Å².